The molecule has 1 aliphatic rings. The molecule has 1 unspecified atom stereocenters. The Balaban J connectivity index is 2.35. The first-order chi connectivity index (χ1) is 6.98. The second-order valence-electron chi connectivity index (χ2n) is 3.01. The van der Waals surface area contributed by atoms with Crippen molar-refractivity contribution in [3.63, 3.8) is 0 Å². The van der Waals surface area contributed by atoms with Crippen LogP contribution in [0.3, 0.4) is 0 Å². The van der Waals surface area contributed by atoms with Crippen molar-refractivity contribution in [2.45, 2.75) is 10.0 Å². The van der Waals surface area contributed by atoms with Crippen molar-refractivity contribution < 1.29 is 9.53 Å². The Labute approximate surface area is 101 Å². The zero-order valence-electron chi connectivity index (χ0n) is 7.34. The van der Waals surface area contributed by atoms with Crippen LogP contribution in [0.1, 0.15) is 10.4 Å². The Bertz CT molecular complexity index is 403. The number of hydrogen-bond donors (Lipinski definition) is 1. The molecule has 0 radical (unpaired) electrons. The van der Waals surface area contributed by atoms with Crippen molar-refractivity contribution in [3.05, 3.63) is 29.8 Å². The summed E-state index contributed by atoms with van der Waals surface area (Å²) >= 11 is 16.9. The molecule has 1 aliphatic heterocycles. The van der Waals surface area contributed by atoms with Gasteiger partial charge >= 0.3 is 0 Å². The summed E-state index contributed by atoms with van der Waals surface area (Å²) in [5, 5.41) is 2.46. The molecule has 6 heteroatoms. The molecular formula is C9H6Cl3NO2. The molecule has 0 spiro atoms. The van der Waals surface area contributed by atoms with Gasteiger partial charge in [-0.2, -0.15) is 0 Å². The van der Waals surface area contributed by atoms with Crippen LogP contribution in [0, 0.1) is 0 Å². The number of benzene rings is 1. The molecule has 0 fully saturated rings. The molecule has 1 N–H and O–H groups in total. The van der Waals surface area contributed by atoms with Gasteiger partial charge in [-0.25, -0.2) is 0 Å². The number of amides is 1. The van der Waals surface area contributed by atoms with Crippen LogP contribution in [0.15, 0.2) is 24.3 Å². The van der Waals surface area contributed by atoms with Crippen LogP contribution < -0.4 is 10.1 Å². The summed E-state index contributed by atoms with van der Waals surface area (Å²) in [7, 11) is 0. The number of hydrogen-bond acceptors (Lipinski definition) is 2. The van der Waals surface area contributed by atoms with Crippen LogP contribution in [0.5, 0.6) is 5.75 Å². The van der Waals surface area contributed by atoms with E-state index in [-0.39, 0.29) is 5.91 Å². The third-order valence-corrected chi connectivity index (χ3v) is 2.53. The van der Waals surface area contributed by atoms with Crippen molar-refractivity contribution in [2.75, 3.05) is 0 Å². The summed E-state index contributed by atoms with van der Waals surface area (Å²) in [4.78, 5) is 11.6. The highest BCUT2D eigenvalue weighted by Crippen LogP contribution is 2.35. The number of nitrogens with one attached hydrogen (secondary N) is 1. The van der Waals surface area contributed by atoms with Gasteiger partial charge in [-0.3, -0.25) is 4.79 Å². The second-order valence-corrected chi connectivity index (χ2v) is 5.38. The number of carbonyl (C=O) groups is 1. The number of fused-ring (bicyclic) bond motifs is 1. The Morgan fingerprint density at radius 1 is 1.27 bits per heavy atom. The molecule has 0 aromatic heterocycles. The molecule has 1 atom stereocenters. The largest absolute Gasteiger partial charge is 0.465 e. The highest BCUT2D eigenvalue weighted by atomic mass is 35.6. The van der Waals surface area contributed by atoms with E-state index in [1.54, 1.807) is 24.3 Å². The zero-order valence-corrected chi connectivity index (χ0v) is 9.60. The summed E-state index contributed by atoms with van der Waals surface area (Å²) in [6.45, 7) is 0. The average molecular weight is 267 g/mol. The number of alkyl halides is 3. The summed E-state index contributed by atoms with van der Waals surface area (Å²) in [6.07, 6.45) is -0.968. The quantitative estimate of drug-likeness (QED) is 0.733. The first kappa shape index (κ1) is 10.9. The van der Waals surface area contributed by atoms with Crippen molar-refractivity contribution in [2.24, 2.45) is 0 Å². The van der Waals surface area contributed by atoms with E-state index in [1.165, 1.54) is 0 Å². The maximum Gasteiger partial charge on any atom is 0.257 e. The highest BCUT2D eigenvalue weighted by molar-refractivity contribution is 6.68. The van der Waals surface area contributed by atoms with Gasteiger partial charge in [-0.15, -0.1) is 0 Å². The van der Waals surface area contributed by atoms with Crippen molar-refractivity contribution in [1.82, 2.24) is 5.32 Å². The molecule has 15 heavy (non-hydrogen) atoms. The van der Waals surface area contributed by atoms with Gasteiger partial charge in [0.15, 0.2) is 0 Å². The van der Waals surface area contributed by atoms with E-state index in [1.807, 2.05) is 0 Å². The fourth-order valence-electron chi connectivity index (χ4n) is 1.26. The van der Waals surface area contributed by atoms with E-state index in [2.05, 4.69) is 5.32 Å². The smallest absolute Gasteiger partial charge is 0.257 e. The minimum Gasteiger partial charge on any atom is -0.465 e. The monoisotopic (exact) mass is 265 g/mol. The lowest BCUT2D eigenvalue weighted by Gasteiger charge is -2.30. The lowest BCUT2D eigenvalue weighted by Crippen LogP contribution is -2.50. The van der Waals surface area contributed by atoms with Gasteiger partial charge in [0.25, 0.3) is 5.91 Å². The molecule has 1 amide bonds. The van der Waals surface area contributed by atoms with Crippen LogP contribution in [-0.2, 0) is 0 Å². The third kappa shape index (κ3) is 2.14. The average Bonchev–Trinajstić information content (AvgIpc) is 2.16. The minimum atomic E-state index is -1.69. The van der Waals surface area contributed by atoms with Crippen LogP contribution in [0.25, 0.3) is 0 Å². The van der Waals surface area contributed by atoms with Gasteiger partial charge in [0.2, 0.25) is 10.0 Å². The molecule has 1 aromatic carbocycles. The molecule has 3 nitrogen and oxygen atoms in total. The first-order valence-electron chi connectivity index (χ1n) is 4.12. The lowest BCUT2D eigenvalue weighted by atomic mass is 10.1. The maximum atomic E-state index is 11.6. The van der Waals surface area contributed by atoms with E-state index >= 15 is 0 Å². The number of carbonyl (C=O) groups excluding carboxylic acids is 1. The number of halogens is 3. The van der Waals surface area contributed by atoms with E-state index in [0.717, 1.165) is 0 Å². The molecule has 0 aliphatic carbocycles. The predicted molar refractivity (Wildman–Crippen MR) is 58.6 cm³/mol. The number of ether oxygens (including phenoxy) is 1. The van der Waals surface area contributed by atoms with Gasteiger partial charge in [0.1, 0.15) is 5.75 Å². The predicted octanol–water partition coefficient (Wildman–Crippen LogP) is 2.51. The molecular weight excluding hydrogens is 260 g/mol. The van der Waals surface area contributed by atoms with Gasteiger partial charge < -0.3 is 10.1 Å². The summed E-state index contributed by atoms with van der Waals surface area (Å²) in [5.41, 5.74) is 0.433. The second kappa shape index (κ2) is 3.74. The SMILES string of the molecule is O=C1NC(C(Cl)(Cl)Cl)Oc2ccccc21. The number of para-hydroxylation sites is 1. The molecule has 80 valence electrons. The van der Waals surface area contributed by atoms with E-state index < -0.39 is 10.0 Å². The summed E-state index contributed by atoms with van der Waals surface area (Å²) < 4.78 is 3.65. The van der Waals surface area contributed by atoms with Gasteiger partial charge in [-0.1, -0.05) is 46.9 Å². The van der Waals surface area contributed by atoms with Crippen LogP contribution in [0.4, 0.5) is 0 Å². The van der Waals surface area contributed by atoms with Crippen LogP contribution in [-0.4, -0.2) is 15.9 Å². The first-order valence-corrected chi connectivity index (χ1v) is 5.25. The van der Waals surface area contributed by atoms with Gasteiger partial charge in [-0.05, 0) is 12.1 Å². The Morgan fingerprint density at radius 3 is 2.60 bits per heavy atom. The van der Waals surface area contributed by atoms with Crippen LogP contribution >= 0.6 is 34.8 Å². The summed E-state index contributed by atoms with van der Waals surface area (Å²) in [6, 6.07) is 6.76. The highest BCUT2D eigenvalue weighted by Gasteiger charge is 2.39. The third-order valence-electron chi connectivity index (χ3n) is 1.94. The fraction of sp³-hybridized carbons (Fsp3) is 0.222. The van der Waals surface area contributed by atoms with Crippen molar-refractivity contribution in [3.8, 4) is 5.75 Å². The standard InChI is InChI=1S/C9H6Cl3NO2/c10-9(11,12)8-13-7(14)5-3-1-2-4-6(5)15-8/h1-4,8H,(H,13,14). The Kier molecular flexibility index (Phi) is 2.71. The summed E-state index contributed by atoms with van der Waals surface area (Å²) in [5.74, 6) is 0.103. The van der Waals surface area contributed by atoms with Gasteiger partial charge in [0.05, 0.1) is 5.56 Å². The molecule has 0 saturated heterocycles. The zero-order chi connectivity index (χ0) is 11.1. The lowest BCUT2D eigenvalue weighted by molar-refractivity contribution is 0.0763. The molecule has 1 heterocycles. The molecule has 0 saturated carbocycles. The van der Waals surface area contributed by atoms with E-state index in [9.17, 15) is 4.79 Å². The van der Waals surface area contributed by atoms with Crippen molar-refractivity contribution in [1.29, 1.82) is 0 Å². The Hall–Kier alpha value is -0.640. The minimum absolute atomic E-state index is 0.312. The number of rotatable bonds is 0. The fourth-order valence-corrected chi connectivity index (χ4v) is 1.56. The normalized spacial score (nSPS) is 20.2. The maximum absolute atomic E-state index is 11.6. The topological polar surface area (TPSA) is 38.3 Å². The van der Waals surface area contributed by atoms with E-state index in [0.29, 0.717) is 11.3 Å². The van der Waals surface area contributed by atoms with Crippen LogP contribution in [0.2, 0.25) is 0 Å². The molecule has 1 aromatic rings. The Morgan fingerprint density at radius 2 is 1.93 bits per heavy atom. The van der Waals surface area contributed by atoms with E-state index in [4.69, 9.17) is 39.5 Å². The van der Waals surface area contributed by atoms with Crippen molar-refractivity contribution >= 4 is 40.7 Å². The van der Waals surface area contributed by atoms with Gasteiger partial charge in [0, 0.05) is 0 Å². The molecule has 2 rings (SSSR count). The molecule has 0 bridgehead atoms.